The number of ether oxygens (including phenoxy) is 2. The number of hydrogen-bond donors (Lipinski definition) is 5. The highest BCUT2D eigenvalue weighted by atomic mass is 16.5. The van der Waals surface area contributed by atoms with Crippen molar-refractivity contribution in [2.75, 3.05) is 19.8 Å². The van der Waals surface area contributed by atoms with Crippen LogP contribution in [-0.4, -0.2) is 81.7 Å². The summed E-state index contributed by atoms with van der Waals surface area (Å²) < 4.78 is 10.8. The van der Waals surface area contributed by atoms with E-state index in [1.54, 1.807) is 0 Å². The Balaban J connectivity index is 0. The number of aliphatic carboxylic acids is 2. The van der Waals surface area contributed by atoms with Gasteiger partial charge in [-0.2, -0.15) is 0 Å². The first-order valence-electron chi connectivity index (χ1n) is 7.18. The van der Waals surface area contributed by atoms with Crippen molar-refractivity contribution in [2.24, 2.45) is 5.92 Å². The Labute approximate surface area is 135 Å². The maximum absolute atomic E-state index is 9.77. The zero-order valence-corrected chi connectivity index (χ0v) is 13.9. The highest BCUT2D eigenvalue weighted by Crippen LogP contribution is 2.00. The van der Waals surface area contributed by atoms with Gasteiger partial charge in [0, 0.05) is 6.61 Å². The van der Waals surface area contributed by atoms with Crippen LogP contribution in [0.2, 0.25) is 0 Å². The fourth-order valence-corrected chi connectivity index (χ4v) is 1.03. The molecule has 9 nitrogen and oxygen atoms in total. The van der Waals surface area contributed by atoms with E-state index in [9.17, 15) is 9.59 Å². The molecule has 0 heterocycles. The van der Waals surface area contributed by atoms with Crippen molar-refractivity contribution < 1.29 is 44.6 Å². The van der Waals surface area contributed by atoms with Gasteiger partial charge in [0.25, 0.3) is 0 Å². The molecule has 4 unspecified atom stereocenters. The minimum Gasteiger partial charge on any atom is -0.479 e. The highest BCUT2D eigenvalue weighted by Gasteiger charge is 2.29. The maximum Gasteiger partial charge on any atom is 0.335 e. The third-order valence-electron chi connectivity index (χ3n) is 2.39. The molecule has 4 atom stereocenters. The van der Waals surface area contributed by atoms with E-state index in [1.165, 1.54) is 0 Å². The van der Waals surface area contributed by atoms with Crippen LogP contribution in [0.15, 0.2) is 0 Å². The van der Waals surface area contributed by atoms with Crippen molar-refractivity contribution >= 4 is 11.9 Å². The van der Waals surface area contributed by atoms with Crippen LogP contribution >= 0.6 is 0 Å². The SMILES string of the molecule is CC(C)COC(C)COC(C)CO.O=C(O)C(O)C(O)C(=O)O. The lowest BCUT2D eigenvalue weighted by Crippen LogP contribution is -2.39. The molecule has 0 saturated carbocycles. The third-order valence-corrected chi connectivity index (χ3v) is 2.39. The molecule has 0 aliphatic carbocycles. The lowest BCUT2D eigenvalue weighted by Gasteiger charge is -2.17. The van der Waals surface area contributed by atoms with E-state index >= 15 is 0 Å². The molecule has 0 amide bonds. The summed E-state index contributed by atoms with van der Waals surface area (Å²) in [6.07, 6.45) is -4.52. The fourth-order valence-electron chi connectivity index (χ4n) is 1.03. The third kappa shape index (κ3) is 14.1. The number of rotatable bonds is 10. The zero-order chi connectivity index (χ0) is 18.6. The van der Waals surface area contributed by atoms with Crippen LogP contribution in [0.25, 0.3) is 0 Å². The van der Waals surface area contributed by atoms with Crippen LogP contribution in [0.5, 0.6) is 0 Å². The van der Waals surface area contributed by atoms with E-state index in [-0.39, 0.29) is 18.8 Å². The molecular formula is C14H28O9. The first-order chi connectivity index (χ1) is 10.5. The number of carboxylic acids is 2. The Hall–Kier alpha value is -1.26. The minimum absolute atomic E-state index is 0.0664. The van der Waals surface area contributed by atoms with E-state index in [1.807, 2.05) is 13.8 Å². The fraction of sp³-hybridized carbons (Fsp3) is 0.857. The Morgan fingerprint density at radius 3 is 1.52 bits per heavy atom. The van der Waals surface area contributed by atoms with Gasteiger partial charge in [-0.25, -0.2) is 9.59 Å². The van der Waals surface area contributed by atoms with Crippen LogP contribution in [0, 0.1) is 5.92 Å². The molecule has 0 spiro atoms. The van der Waals surface area contributed by atoms with Gasteiger partial charge in [-0.05, 0) is 19.8 Å². The molecule has 0 aromatic heterocycles. The second-order valence-electron chi connectivity index (χ2n) is 5.43. The van der Waals surface area contributed by atoms with Gasteiger partial charge in [0.05, 0.1) is 25.4 Å². The second-order valence-corrected chi connectivity index (χ2v) is 5.43. The van der Waals surface area contributed by atoms with Gasteiger partial charge in [0.1, 0.15) is 0 Å². The van der Waals surface area contributed by atoms with Gasteiger partial charge in [0.2, 0.25) is 0 Å². The summed E-state index contributed by atoms with van der Waals surface area (Å²) in [7, 11) is 0. The summed E-state index contributed by atoms with van der Waals surface area (Å²) in [6.45, 7) is 9.43. The molecule has 0 saturated heterocycles. The minimum atomic E-state index is -2.27. The van der Waals surface area contributed by atoms with Crippen molar-refractivity contribution in [3.05, 3.63) is 0 Å². The average Bonchev–Trinajstić information content (AvgIpc) is 2.49. The first kappa shape index (κ1) is 24.0. The lowest BCUT2D eigenvalue weighted by molar-refractivity contribution is -0.165. The van der Waals surface area contributed by atoms with Crippen molar-refractivity contribution in [1.29, 1.82) is 0 Å². The Morgan fingerprint density at radius 1 is 0.826 bits per heavy atom. The Kier molecular flexibility index (Phi) is 13.8. The predicted molar refractivity (Wildman–Crippen MR) is 80.0 cm³/mol. The maximum atomic E-state index is 9.77. The summed E-state index contributed by atoms with van der Waals surface area (Å²) in [5.74, 6) is -2.98. The van der Waals surface area contributed by atoms with E-state index in [0.29, 0.717) is 12.5 Å². The monoisotopic (exact) mass is 340 g/mol. The topological polar surface area (TPSA) is 154 Å². The predicted octanol–water partition coefficient (Wildman–Crippen LogP) is -0.678. The van der Waals surface area contributed by atoms with Gasteiger partial charge in [-0.3, -0.25) is 0 Å². The summed E-state index contributed by atoms with van der Waals surface area (Å²) >= 11 is 0. The summed E-state index contributed by atoms with van der Waals surface area (Å²) in [5.41, 5.74) is 0. The van der Waals surface area contributed by atoms with Crippen molar-refractivity contribution in [3.8, 4) is 0 Å². The van der Waals surface area contributed by atoms with E-state index in [2.05, 4.69) is 13.8 Å². The molecule has 0 aromatic carbocycles. The lowest BCUT2D eigenvalue weighted by atomic mass is 10.2. The largest absolute Gasteiger partial charge is 0.479 e. The average molecular weight is 340 g/mol. The van der Waals surface area contributed by atoms with Crippen LogP contribution in [0.1, 0.15) is 27.7 Å². The molecule has 0 bridgehead atoms. The molecule has 0 radical (unpaired) electrons. The smallest absolute Gasteiger partial charge is 0.335 e. The first-order valence-corrected chi connectivity index (χ1v) is 7.18. The van der Waals surface area contributed by atoms with Crippen LogP contribution < -0.4 is 0 Å². The number of carboxylic acid groups (broad SMARTS) is 2. The van der Waals surface area contributed by atoms with Crippen molar-refractivity contribution in [1.82, 2.24) is 0 Å². The van der Waals surface area contributed by atoms with Gasteiger partial charge in [-0.15, -0.1) is 0 Å². The normalized spacial score (nSPS) is 16.0. The van der Waals surface area contributed by atoms with Crippen molar-refractivity contribution in [2.45, 2.75) is 52.1 Å². The molecule has 0 aromatic rings. The van der Waals surface area contributed by atoms with Gasteiger partial charge < -0.3 is 35.0 Å². The van der Waals surface area contributed by atoms with E-state index < -0.39 is 24.1 Å². The number of aliphatic hydroxyl groups is 3. The highest BCUT2D eigenvalue weighted by molar-refractivity contribution is 5.83. The molecular weight excluding hydrogens is 312 g/mol. The van der Waals surface area contributed by atoms with Crippen molar-refractivity contribution in [3.63, 3.8) is 0 Å². The molecule has 138 valence electrons. The number of hydrogen-bond acceptors (Lipinski definition) is 7. The Morgan fingerprint density at radius 2 is 1.22 bits per heavy atom. The molecule has 0 rings (SSSR count). The van der Waals surface area contributed by atoms with Crippen LogP contribution in [-0.2, 0) is 19.1 Å². The zero-order valence-electron chi connectivity index (χ0n) is 13.9. The molecule has 23 heavy (non-hydrogen) atoms. The summed E-state index contributed by atoms with van der Waals surface area (Å²) in [6, 6.07) is 0. The molecule has 0 fully saturated rings. The number of aliphatic hydroxyl groups excluding tert-OH is 3. The molecule has 5 N–H and O–H groups in total. The van der Waals surface area contributed by atoms with Gasteiger partial charge >= 0.3 is 11.9 Å². The quantitative estimate of drug-likeness (QED) is 0.348. The standard InChI is InChI=1S/C10H22O3.C4H6O6/c1-8(2)6-12-10(4)7-13-9(3)5-11;5-1(3(7)8)2(6)4(9)10/h8-11H,5-7H2,1-4H3;1-2,5-6H,(H,7,8)(H,9,10). The molecule has 0 aliphatic rings. The van der Waals surface area contributed by atoms with E-state index in [0.717, 1.165) is 6.61 Å². The Bertz CT molecular complexity index is 314. The second kappa shape index (κ2) is 13.2. The van der Waals surface area contributed by atoms with Crippen LogP contribution in [0.4, 0.5) is 0 Å². The summed E-state index contributed by atoms with van der Waals surface area (Å²) in [4.78, 5) is 19.5. The molecule has 0 aliphatic heterocycles. The molecule has 9 heteroatoms. The van der Waals surface area contributed by atoms with E-state index in [4.69, 9.17) is 35.0 Å². The number of carbonyl (C=O) groups is 2. The van der Waals surface area contributed by atoms with Gasteiger partial charge in [-0.1, -0.05) is 13.8 Å². The van der Waals surface area contributed by atoms with Gasteiger partial charge in [0.15, 0.2) is 12.2 Å². The summed E-state index contributed by atoms with van der Waals surface area (Å²) in [5, 5.41) is 41.2. The van der Waals surface area contributed by atoms with Crippen LogP contribution in [0.3, 0.4) is 0 Å².